The molecule has 0 aliphatic rings. The molecule has 1 unspecified atom stereocenters. The molecule has 35 heavy (non-hydrogen) atoms. The lowest BCUT2D eigenvalue weighted by Crippen LogP contribution is -2.17. The molecule has 3 aromatic carbocycles. The summed E-state index contributed by atoms with van der Waals surface area (Å²) in [6.45, 7) is 15.5. The van der Waals surface area contributed by atoms with Crippen molar-refractivity contribution in [3.05, 3.63) is 118 Å². The average Bonchev–Trinajstić information content (AvgIpc) is 3.25. The van der Waals surface area contributed by atoms with Crippen molar-refractivity contribution in [3.63, 3.8) is 0 Å². The number of carbonyl (C=O) groups is 1. The fourth-order valence-corrected chi connectivity index (χ4v) is 3.89. The first-order valence-corrected chi connectivity index (χ1v) is 11.4. The number of nitrogens with zero attached hydrogens (tertiary/aromatic N) is 3. The number of benzene rings is 3. The van der Waals surface area contributed by atoms with Crippen molar-refractivity contribution in [1.82, 2.24) is 9.78 Å². The van der Waals surface area contributed by atoms with Gasteiger partial charge in [0.15, 0.2) is 5.69 Å². The van der Waals surface area contributed by atoms with Crippen LogP contribution in [0.2, 0.25) is 0 Å². The Bertz CT molecular complexity index is 1410. The summed E-state index contributed by atoms with van der Waals surface area (Å²) in [4.78, 5) is 16.6. The molecule has 6 nitrogen and oxygen atoms in total. The van der Waals surface area contributed by atoms with Crippen molar-refractivity contribution >= 4 is 17.3 Å². The van der Waals surface area contributed by atoms with Gasteiger partial charge in [-0.2, -0.15) is 5.10 Å². The first-order chi connectivity index (χ1) is 16.7. The zero-order valence-corrected chi connectivity index (χ0v) is 20.3. The minimum atomic E-state index is -0.815. The second kappa shape index (κ2) is 9.57. The van der Waals surface area contributed by atoms with E-state index in [1.807, 2.05) is 37.3 Å². The summed E-state index contributed by atoms with van der Waals surface area (Å²) in [6, 6.07) is 23.8. The number of hydrogen-bond acceptors (Lipinski definition) is 3. The lowest BCUT2D eigenvalue weighted by molar-refractivity contribution is 0.101. The average molecular weight is 465 g/mol. The van der Waals surface area contributed by atoms with E-state index < -0.39 is 6.10 Å². The van der Waals surface area contributed by atoms with Gasteiger partial charge in [-0.3, -0.25) is 4.79 Å². The third kappa shape index (κ3) is 5.32. The normalized spacial score (nSPS) is 12.1. The highest BCUT2D eigenvalue weighted by molar-refractivity contribution is 6.03. The van der Waals surface area contributed by atoms with Crippen LogP contribution in [0, 0.1) is 13.5 Å². The van der Waals surface area contributed by atoms with E-state index in [2.05, 4.69) is 36.0 Å². The highest BCUT2D eigenvalue weighted by Gasteiger charge is 2.18. The van der Waals surface area contributed by atoms with Gasteiger partial charge in [0.25, 0.3) is 5.91 Å². The summed E-state index contributed by atoms with van der Waals surface area (Å²) in [5, 5.41) is 18.3. The summed E-state index contributed by atoms with van der Waals surface area (Å²) in [5.41, 5.74) is 5.42. The van der Waals surface area contributed by atoms with E-state index in [9.17, 15) is 9.90 Å². The second-order valence-corrected chi connectivity index (χ2v) is 9.57. The molecule has 0 spiro atoms. The minimum absolute atomic E-state index is 0.0375. The number of rotatable bonds is 5. The predicted octanol–water partition coefficient (Wildman–Crippen LogP) is 6.36. The van der Waals surface area contributed by atoms with Crippen LogP contribution in [-0.4, -0.2) is 20.8 Å². The molecular formula is C29H28N4O2. The molecule has 0 saturated carbocycles. The Morgan fingerprint density at radius 2 is 1.71 bits per heavy atom. The quantitative estimate of drug-likeness (QED) is 0.338. The van der Waals surface area contributed by atoms with E-state index in [1.165, 1.54) is 10.2 Å². The Labute approximate surface area is 205 Å². The van der Waals surface area contributed by atoms with E-state index in [0.29, 0.717) is 34.0 Å². The fourth-order valence-electron chi connectivity index (χ4n) is 3.89. The minimum Gasteiger partial charge on any atom is -0.384 e. The standard InChI is InChI=1S/C29H28N4O2/c1-19-16-26(33(32-19)25-11-7-9-23(18-25)30-5)28(35)31-24-10-6-8-21(17-24)27(34)20-12-14-22(15-13-20)29(2,3)4/h6-18,27,34H,1-4H3,(H,31,35). The number of aliphatic hydroxyl groups excluding tert-OH is 1. The molecule has 0 aliphatic carbocycles. The third-order valence-electron chi connectivity index (χ3n) is 5.82. The zero-order chi connectivity index (χ0) is 25.2. The van der Waals surface area contributed by atoms with E-state index >= 15 is 0 Å². The molecule has 1 amide bonds. The first kappa shape index (κ1) is 23.9. The van der Waals surface area contributed by atoms with Crippen LogP contribution >= 0.6 is 0 Å². The van der Waals surface area contributed by atoms with Crippen molar-refractivity contribution in [1.29, 1.82) is 0 Å². The molecule has 1 heterocycles. The van der Waals surface area contributed by atoms with E-state index in [0.717, 1.165) is 5.56 Å². The summed E-state index contributed by atoms with van der Waals surface area (Å²) >= 11 is 0. The molecule has 6 heteroatoms. The van der Waals surface area contributed by atoms with E-state index in [-0.39, 0.29) is 11.3 Å². The second-order valence-electron chi connectivity index (χ2n) is 9.57. The van der Waals surface area contributed by atoms with Crippen LogP contribution in [0.25, 0.3) is 10.5 Å². The monoisotopic (exact) mass is 464 g/mol. The van der Waals surface area contributed by atoms with Gasteiger partial charge in [-0.25, -0.2) is 9.53 Å². The van der Waals surface area contributed by atoms with Gasteiger partial charge in [0.05, 0.1) is 18.0 Å². The van der Waals surface area contributed by atoms with Crippen molar-refractivity contribution in [3.8, 4) is 5.69 Å². The maximum atomic E-state index is 13.2. The Morgan fingerprint density at radius 1 is 1.00 bits per heavy atom. The number of aliphatic hydroxyl groups is 1. The zero-order valence-electron chi connectivity index (χ0n) is 20.3. The third-order valence-corrected chi connectivity index (χ3v) is 5.82. The smallest absolute Gasteiger partial charge is 0.274 e. The van der Waals surface area contributed by atoms with Gasteiger partial charge in [-0.05, 0) is 59.4 Å². The highest BCUT2D eigenvalue weighted by atomic mass is 16.3. The van der Waals surface area contributed by atoms with Gasteiger partial charge in [-0.1, -0.05) is 69.3 Å². The van der Waals surface area contributed by atoms with Crippen LogP contribution in [0.15, 0.2) is 78.9 Å². The lowest BCUT2D eigenvalue weighted by atomic mass is 9.86. The van der Waals surface area contributed by atoms with Crippen molar-refractivity contribution in [2.75, 3.05) is 5.32 Å². The lowest BCUT2D eigenvalue weighted by Gasteiger charge is -2.20. The van der Waals surface area contributed by atoms with Crippen molar-refractivity contribution in [2.24, 2.45) is 0 Å². The number of hydrogen-bond donors (Lipinski definition) is 2. The van der Waals surface area contributed by atoms with Crippen LogP contribution in [0.3, 0.4) is 0 Å². The van der Waals surface area contributed by atoms with E-state index in [4.69, 9.17) is 6.57 Å². The molecule has 0 bridgehead atoms. The maximum absolute atomic E-state index is 13.2. The Kier molecular flexibility index (Phi) is 6.54. The van der Waals surface area contributed by atoms with Crippen LogP contribution in [0.5, 0.6) is 0 Å². The number of aromatic nitrogens is 2. The van der Waals surface area contributed by atoms with Crippen LogP contribution in [-0.2, 0) is 5.41 Å². The van der Waals surface area contributed by atoms with Gasteiger partial charge in [-0.15, -0.1) is 0 Å². The fraction of sp³-hybridized carbons (Fsp3) is 0.207. The molecular weight excluding hydrogens is 436 g/mol. The number of nitrogens with one attached hydrogen (secondary N) is 1. The molecule has 176 valence electrons. The molecule has 1 aromatic heterocycles. The molecule has 0 radical (unpaired) electrons. The topological polar surface area (TPSA) is 71.5 Å². The summed E-state index contributed by atoms with van der Waals surface area (Å²) in [5.74, 6) is -0.333. The molecule has 2 N–H and O–H groups in total. The summed E-state index contributed by atoms with van der Waals surface area (Å²) in [6.07, 6.45) is -0.815. The summed E-state index contributed by atoms with van der Waals surface area (Å²) in [7, 11) is 0. The number of carbonyl (C=O) groups excluding carboxylic acids is 1. The highest BCUT2D eigenvalue weighted by Crippen LogP contribution is 2.28. The number of amides is 1. The Morgan fingerprint density at radius 3 is 2.40 bits per heavy atom. The number of anilines is 1. The molecule has 4 rings (SSSR count). The van der Waals surface area contributed by atoms with Crippen LogP contribution in [0.4, 0.5) is 11.4 Å². The van der Waals surface area contributed by atoms with Gasteiger partial charge in [0.1, 0.15) is 11.8 Å². The van der Waals surface area contributed by atoms with Gasteiger partial charge in [0, 0.05) is 5.69 Å². The van der Waals surface area contributed by atoms with Crippen LogP contribution < -0.4 is 5.32 Å². The molecule has 4 aromatic rings. The molecule has 0 fully saturated rings. The van der Waals surface area contributed by atoms with Gasteiger partial charge >= 0.3 is 0 Å². The van der Waals surface area contributed by atoms with Crippen molar-refractivity contribution < 1.29 is 9.90 Å². The Balaban J connectivity index is 1.57. The SMILES string of the molecule is [C-]#[N+]c1cccc(-n2nc(C)cc2C(=O)Nc2cccc(C(O)c3ccc(C(C)(C)C)cc3)c2)c1. The van der Waals surface area contributed by atoms with Crippen LogP contribution in [0.1, 0.15) is 59.7 Å². The van der Waals surface area contributed by atoms with E-state index in [1.54, 1.807) is 48.5 Å². The molecule has 0 saturated heterocycles. The maximum Gasteiger partial charge on any atom is 0.274 e. The van der Waals surface area contributed by atoms with Gasteiger partial charge < -0.3 is 10.4 Å². The predicted molar refractivity (Wildman–Crippen MR) is 138 cm³/mol. The number of aryl methyl sites for hydroxylation is 1. The summed E-state index contributed by atoms with van der Waals surface area (Å²) < 4.78 is 1.54. The Hall–Kier alpha value is -4.21. The van der Waals surface area contributed by atoms with Crippen molar-refractivity contribution in [2.45, 2.75) is 39.2 Å². The molecule has 1 atom stereocenters. The largest absolute Gasteiger partial charge is 0.384 e. The first-order valence-electron chi connectivity index (χ1n) is 11.4. The molecule has 0 aliphatic heterocycles. The van der Waals surface area contributed by atoms with Gasteiger partial charge in [0.2, 0.25) is 0 Å².